The van der Waals surface area contributed by atoms with Gasteiger partial charge < -0.3 is 15.5 Å². The molecule has 0 radical (unpaired) electrons. The summed E-state index contributed by atoms with van der Waals surface area (Å²) in [5, 5.41) is 6.01. The predicted molar refractivity (Wildman–Crippen MR) is 89.8 cm³/mol. The van der Waals surface area contributed by atoms with E-state index in [9.17, 15) is 4.79 Å². The fraction of sp³-hybridized carbons (Fsp3) is 0.438. The van der Waals surface area contributed by atoms with Crippen LogP contribution in [0.3, 0.4) is 0 Å². The van der Waals surface area contributed by atoms with Crippen LogP contribution in [0.1, 0.15) is 24.5 Å². The van der Waals surface area contributed by atoms with Crippen LogP contribution in [-0.2, 0) is 4.79 Å². The Morgan fingerprint density at radius 1 is 1.25 bits per heavy atom. The predicted octanol–water partition coefficient (Wildman–Crippen LogP) is 0.936. The van der Waals surface area contributed by atoms with Crippen LogP contribution < -0.4 is 10.6 Å². The van der Waals surface area contributed by atoms with Crippen molar-refractivity contribution < 1.29 is 4.79 Å². The molecule has 8 heteroatoms. The highest BCUT2D eigenvalue weighted by Crippen LogP contribution is 2.26. The molecule has 126 valence electrons. The van der Waals surface area contributed by atoms with Gasteiger partial charge in [-0.2, -0.15) is 0 Å². The van der Waals surface area contributed by atoms with Crippen LogP contribution in [0, 0.1) is 0 Å². The fourth-order valence-corrected chi connectivity index (χ4v) is 2.84. The number of likely N-dealkylation sites (tertiary alicyclic amines) is 1. The van der Waals surface area contributed by atoms with Gasteiger partial charge in [-0.05, 0) is 19.9 Å². The van der Waals surface area contributed by atoms with Gasteiger partial charge in [-0.1, -0.05) is 0 Å². The van der Waals surface area contributed by atoms with Gasteiger partial charge in [0.25, 0.3) is 0 Å². The minimum atomic E-state index is 0.129. The summed E-state index contributed by atoms with van der Waals surface area (Å²) in [7, 11) is 1.78. The van der Waals surface area contributed by atoms with E-state index >= 15 is 0 Å². The molecular weight excluding hydrogens is 306 g/mol. The molecule has 0 aromatic carbocycles. The van der Waals surface area contributed by atoms with E-state index < -0.39 is 0 Å². The molecule has 1 aliphatic rings. The lowest BCUT2D eigenvalue weighted by atomic mass is 9.95. The van der Waals surface area contributed by atoms with Crippen LogP contribution in [0.5, 0.6) is 0 Å². The Labute approximate surface area is 140 Å². The normalized spacial score (nSPS) is 17.5. The SMILES string of the molecule is CNCC(=O)N1CCC[C@H](c2cncc(Nc3cnccn3)n2)C1. The molecule has 3 heterocycles. The van der Waals surface area contributed by atoms with Gasteiger partial charge >= 0.3 is 0 Å². The smallest absolute Gasteiger partial charge is 0.236 e. The Morgan fingerprint density at radius 2 is 2.12 bits per heavy atom. The van der Waals surface area contributed by atoms with Crippen LogP contribution >= 0.6 is 0 Å². The largest absolute Gasteiger partial charge is 0.341 e. The topological polar surface area (TPSA) is 95.9 Å². The molecule has 1 fully saturated rings. The number of amides is 1. The van der Waals surface area contributed by atoms with Gasteiger partial charge in [0.2, 0.25) is 5.91 Å². The quantitative estimate of drug-likeness (QED) is 0.843. The van der Waals surface area contributed by atoms with E-state index in [4.69, 9.17) is 0 Å². The average molecular weight is 327 g/mol. The van der Waals surface area contributed by atoms with Crippen molar-refractivity contribution in [1.29, 1.82) is 0 Å². The Hall–Kier alpha value is -2.61. The zero-order valence-corrected chi connectivity index (χ0v) is 13.6. The molecule has 1 atom stereocenters. The van der Waals surface area contributed by atoms with E-state index in [2.05, 4.69) is 30.6 Å². The molecule has 1 amide bonds. The number of likely N-dealkylation sites (N-methyl/N-ethyl adjacent to an activating group) is 1. The van der Waals surface area contributed by atoms with E-state index in [1.807, 2.05) is 4.90 Å². The summed E-state index contributed by atoms with van der Waals surface area (Å²) >= 11 is 0. The lowest BCUT2D eigenvalue weighted by molar-refractivity contribution is -0.131. The number of anilines is 2. The summed E-state index contributed by atoms with van der Waals surface area (Å²) in [5.41, 5.74) is 0.894. The van der Waals surface area contributed by atoms with Crippen molar-refractivity contribution in [3.8, 4) is 0 Å². The molecule has 1 saturated heterocycles. The molecule has 1 aliphatic heterocycles. The van der Waals surface area contributed by atoms with Crippen LogP contribution in [0.25, 0.3) is 0 Å². The molecule has 8 nitrogen and oxygen atoms in total. The zero-order chi connectivity index (χ0) is 16.8. The summed E-state index contributed by atoms with van der Waals surface area (Å²) < 4.78 is 0. The van der Waals surface area contributed by atoms with Crippen LogP contribution in [0.15, 0.2) is 31.0 Å². The third kappa shape index (κ3) is 4.02. The third-order valence-electron chi connectivity index (χ3n) is 3.99. The summed E-state index contributed by atoms with van der Waals surface area (Å²) in [6.45, 7) is 1.86. The minimum Gasteiger partial charge on any atom is -0.341 e. The van der Waals surface area contributed by atoms with E-state index in [1.165, 1.54) is 0 Å². The Morgan fingerprint density at radius 3 is 2.92 bits per heavy atom. The Kier molecular flexibility index (Phi) is 5.27. The molecule has 24 heavy (non-hydrogen) atoms. The monoisotopic (exact) mass is 327 g/mol. The first kappa shape index (κ1) is 16.3. The maximum Gasteiger partial charge on any atom is 0.236 e. The lowest BCUT2D eigenvalue weighted by Gasteiger charge is -2.32. The van der Waals surface area contributed by atoms with Crippen molar-refractivity contribution >= 4 is 17.5 Å². The number of rotatable bonds is 5. The first-order valence-corrected chi connectivity index (χ1v) is 8.03. The van der Waals surface area contributed by atoms with Crippen molar-refractivity contribution in [1.82, 2.24) is 30.2 Å². The number of aromatic nitrogens is 4. The van der Waals surface area contributed by atoms with Crippen molar-refractivity contribution in [3.05, 3.63) is 36.7 Å². The number of hydrogen-bond acceptors (Lipinski definition) is 7. The molecule has 0 unspecified atom stereocenters. The van der Waals surface area contributed by atoms with Gasteiger partial charge in [-0.3, -0.25) is 14.8 Å². The molecule has 0 bridgehead atoms. The number of carbonyl (C=O) groups excluding carboxylic acids is 1. The zero-order valence-electron chi connectivity index (χ0n) is 13.6. The molecule has 2 aromatic rings. The van der Waals surface area contributed by atoms with Crippen molar-refractivity contribution in [2.45, 2.75) is 18.8 Å². The summed E-state index contributed by atoms with van der Waals surface area (Å²) in [5.74, 6) is 1.59. The van der Waals surface area contributed by atoms with Gasteiger partial charge in [0.15, 0.2) is 0 Å². The highest BCUT2D eigenvalue weighted by atomic mass is 16.2. The maximum atomic E-state index is 12.1. The van der Waals surface area contributed by atoms with Crippen LogP contribution in [-0.4, -0.2) is 57.4 Å². The van der Waals surface area contributed by atoms with Gasteiger partial charge in [0.05, 0.1) is 24.6 Å². The fourth-order valence-electron chi connectivity index (χ4n) is 2.84. The molecule has 3 rings (SSSR count). The standard InChI is InChI=1S/C16H21N7O/c1-17-10-16(24)23-6-2-3-12(11-23)13-7-19-9-15(21-13)22-14-8-18-4-5-20-14/h4-5,7-9,12,17H,2-3,6,10-11H2,1H3,(H,20,21,22)/t12-/m0/s1. The average Bonchev–Trinajstić information content (AvgIpc) is 2.63. The second kappa shape index (κ2) is 7.78. The number of nitrogens with zero attached hydrogens (tertiary/aromatic N) is 5. The highest BCUT2D eigenvalue weighted by molar-refractivity contribution is 5.78. The molecule has 2 N–H and O–H groups in total. The first-order chi connectivity index (χ1) is 11.8. The summed E-state index contributed by atoms with van der Waals surface area (Å²) in [6, 6.07) is 0. The Balaban J connectivity index is 1.70. The number of nitrogens with one attached hydrogen (secondary N) is 2. The van der Waals surface area contributed by atoms with E-state index in [1.54, 1.807) is 38.0 Å². The van der Waals surface area contributed by atoms with Crippen molar-refractivity contribution in [2.24, 2.45) is 0 Å². The lowest BCUT2D eigenvalue weighted by Crippen LogP contribution is -2.43. The van der Waals surface area contributed by atoms with E-state index in [-0.39, 0.29) is 11.8 Å². The van der Waals surface area contributed by atoms with E-state index in [0.717, 1.165) is 25.1 Å². The van der Waals surface area contributed by atoms with Gasteiger partial charge in [-0.25, -0.2) is 9.97 Å². The van der Waals surface area contributed by atoms with Gasteiger partial charge in [0.1, 0.15) is 11.6 Å². The molecule has 0 saturated carbocycles. The summed E-state index contributed by atoms with van der Waals surface area (Å²) in [6.07, 6.45) is 10.3. The van der Waals surface area contributed by atoms with Gasteiger partial charge in [-0.15, -0.1) is 0 Å². The van der Waals surface area contributed by atoms with Crippen LogP contribution in [0.4, 0.5) is 11.6 Å². The number of hydrogen-bond donors (Lipinski definition) is 2. The Bertz CT molecular complexity index is 679. The van der Waals surface area contributed by atoms with Crippen LogP contribution in [0.2, 0.25) is 0 Å². The molecule has 2 aromatic heterocycles. The highest BCUT2D eigenvalue weighted by Gasteiger charge is 2.25. The minimum absolute atomic E-state index is 0.129. The molecule has 0 spiro atoms. The van der Waals surface area contributed by atoms with Crippen molar-refractivity contribution in [2.75, 3.05) is 32.0 Å². The van der Waals surface area contributed by atoms with Gasteiger partial charge in [0, 0.05) is 37.6 Å². The maximum absolute atomic E-state index is 12.1. The van der Waals surface area contributed by atoms with Crippen molar-refractivity contribution in [3.63, 3.8) is 0 Å². The number of piperidine rings is 1. The molecular formula is C16H21N7O. The third-order valence-corrected chi connectivity index (χ3v) is 3.99. The second-order valence-electron chi connectivity index (χ2n) is 5.75. The first-order valence-electron chi connectivity index (χ1n) is 8.03. The second-order valence-corrected chi connectivity index (χ2v) is 5.75. The summed E-state index contributed by atoms with van der Waals surface area (Å²) in [4.78, 5) is 31.1. The molecule has 0 aliphatic carbocycles. The van der Waals surface area contributed by atoms with E-state index in [0.29, 0.717) is 24.7 Å². The number of carbonyl (C=O) groups is 1.